The molecule has 0 radical (unpaired) electrons. The Bertz CT molecular complexity index is 588. The molecule has 1 aromatic carbocycles. The van der Waals surface area contributed by atoms with Crippen molar-refractivity contribution in [1.82, 2.24) is 15.8 Å². The van der Waals surface area contributed by atoms with Gasteiger partial charge in [0.25, 0.3) is 0 Å². The van der Waals surface area contributed by atoms with Crippen molar-refractivity contribution >= 4 is 11.9 Å². The van der Waals surface area contributed by atoms with Crippen LogP contribution in [0.5, 0.6) is 0 Å². The smallest absolute Gasteiger partial charge is 0.323 e. The zero-order valence-electron chi connectivity index (χ0n) is 13.9. The first-order valence-corrected chi connectivity index (χ1v) is 8.01. The van der Waals surface area contributed by atoms with Crippen LogP contribution in [-0.2, 0) is 9.59 Å². The second-order valence-electron chi connectivity index (χ2n) is 6.13. The summed E-state index contributed by atoms with van der Waals surface area (Å²) in [6.07, 6.45) is 1.35. The summed E-state index contributed by atoms with van der Waals surface area (Å²) in [6, 6.07) is 5.93. The van der Waals surface area contributed by atoms with Gasteiger partial charge in [-0.15, -0.1) is 0 Å². The van der Waals surface area contributed by atoms with E-state index in [1.165, 1.54) is 16.0 Å². The van der Waals surface area contributed by atoms with Gasteiger partial charge >= 0.3 is 5.97 Å². The highest BCUT2D eigenvalue weighted by Crippen LogP contribution is 2.25. The standard InChI is InChI=1S/C17H25N3O3/c1-4-7-20(10-16(21)22)17(23)15-9-14(18-19-15)13-6-5-11(2)12(3)8-13/h5-6,8,14-15,18-19H,4,7,9-10H2,1-3H3,(H,21,22). The minimum atomic E-state index is -0.983. The number of hydrazine groups is 1. The summed E-state index contributed by atoms with van der Waals surface area (Å²) in [6.45, 7) is 6.27. The van der Waals surface area contributed by atoms with Gasteiger partial charge in [-0.2, -0.15) is 0 Å². The topological polar surface area (TPSA) is 81.7 Å². The van der Waals surface area contributed by atoms with Crippen molar-refractivity contribution in [3.05, 3.63) is 34.9 Å². The van der Waals surface area contributed by atoms with Crippen LogP contribution >= 0.6 is 0 Å². The molecule has 1 aliphatic heterocycles. The van der Waals surface area contributed by atoms with Crippen molar-refractivity contribution in [3.8, 4) is 0 Å². The summed E-state index contributed by atoms with van der Waals surface area (Å²) in [4.78, 5) is 24.9. The first-order chi connectivity index (χ1) is 10.9. The third kappa shape index (κ3) is 4.30. The van der Waals surface area contributed by atoms with Crippen molar-refractivity contribution in [2.75, 3.05) is 13.1 Å². The maximum Gasteiger partial charge on any atom is 0.323 e. The molecule has 0 bridgehead atoms. The van der Waals surface area contributed by atoms with Crippen LogP contribution in [-0.4, -0.2) is 41.0 Å². The van der Waals surface area contributed by atoms with Gasteiger partial charge in [-0.05, 0) is 43.4 Å². The second kappa shape index (κ2) is 7.57. The molecule has 6 nitrogen and oxygen atoms in total. The molecule has 0 spiro atoms. The molecule has 1 amide bonds. The highest BCUT2D eigenvalue weighted by atomic mass is 16.4. The number of carbonyl (C=O) groups is 2. The van der Waals surface area contributed by atoms with Crippen molar-refractivity contribution in [2.45, 2.75) is 45.7 Å². The van der Waals surface area contributed by atoms with E-state index in [-0.39, 0.29) is 18.5 Å². The largest absolute Gasteiger partial charge is 0.480 e. The number of carbonyl (C=O) groups excluding carboxylic acids is 1. The van der Waals surface area contributed by atoms with Crippen LogP contribution in [0.15, 0.2) is 18.2 Å². The molecule has 1 heterocycles. The first-order valence-electron chi connectivity index (χ1n) is 8.01. The Morgan fingerprint density at radius 3 is 2.61 bits per heavy atom. The summed E-state index contributed by atoms with van der Waals surface area (Å²) in [5.41, 5.74) is 9.77. The lowest BCUT2D eigenvalue weighted by molar-refractivity contribution is -0.145. The van der Waals surface area contributed by atoms with Gasteiger partial charge in [0.05, 0.1) is 0 Å². The van der Waals surface area contributed by atoms with Gasteiger partial charge in [0.15, 0.2) is 0 Å². The number of aryl methyl sites for hydroxylation is 2. The number of carboxylic acids is 1. The van der Waals surface area contributed by atoms with E-state index in [2.05, 4.69) is 42.9 Å². The molecule has 1 fully saturated rings. The van der Waals surface area contributed by atoms with E-state index in [0.717, 1.165) is 12.0 Å². The number of benzene rings is 1. The monoisotopic (exact) mass is 319 g/mol. The van der Waals surface area contributed by atoms with Gasteiger partial charge < -0.3 is 10.0 Å². The molecule has 0 saturated carbocycles. The number of hydrogen-bond donors (Lipinski definition) is 3. The highest BCUT2D eigenvalue weighted by molar-refractivity contribution is 5.85. The lowest BCUT2D eigenvalue weighted by Crippen LogP contribution is -2.47. The highest BCUT2D eigenvalue weighted by Gasteiger charge is 2.33. The van der Waals surface area contributed by atoms with Gasteiger partial charge in [-0.1, -0.05) is 25.1 Å². The third-order valence-electron chi connectivity index (χ3n) is 4.27. The van der Waals surface area contributed by atoms with Crippen LogP contribution in [0, 0.1) is 13.8 Å². The van der Waals surface area contributed by atoms with Crippen molar-refractivity contribution in [2.24, 2.45) is 0 Å². The average molecular weight is 319 g/mol. The molecule has 3 N–H and O–H groups in total. The number of nitrogens with zero attached hydrogens (tertiary/aromatic N) is 1. The molecular weight excluding hydrogens is 294 g/mol. The molecule has 126 valence electrons. The van der Waals surface area contributed by atoms with E-state index < -0.39 is 12.0 Å². The summed E-state index contributed by atoms with van der Waals surface area (Å²) in [7, 11) is 0. The SMILES string of the molecule is CCCN(CC(=O)O)C(=O)C1CC(c2ccc(C)c(C)c2)NN1. The fourth-order valence-electron chi connectivity index (χ4n) is 2.84. The molecule has 2 atom stereocenters. The number of hydrogen-bond acceptors (Lipinski definition) is 4. The predicted molar refractivity (Wildman–Crippen MR) is 87.8 cm³/mol. The zero-order valence-corrected chi connectivity index (χ0v) is 13.9. The Kier molecular flexibility index (Phi) is 5.74. The van der Waals surface area contributed by atoms with E-state index in [1.807, 2.05) is 6.92 Å². The lowest BCUT2D eigenvalue weighted by Gasteiger charge is -2.23. The van der Waals surface area contributed by atoms with Crippen LogP contribution in [0.2, 0.25) is 0 Å². The van der Waals surface area contributed by atoms with Gasteiger partial charge in [-0.3, -0.25) is 9.59 Å². The Morgan fingerprint density at radius 2 is 2.00 bits per heavy atom. The number of amides is 1. The van der Waals surface area contributed by atoms with Crippen molar-refractivity contribution in [3.63, 3.8) is 0 Å². The average Bonchev–Trinajstić information content (AvgIpc) is 2.98. The van der Waals surface area contributed by atoms with Crippen LogP contribution < -0.4 is 10.9 Å². The van der Waals surface area contributed by atoms with E-state index in [1.54, 1.807) is 0 Å². The molecule has 1 aliphatic rings. The maximum atomic E-state index is 12.5. The van der Waals surface area contributed by atoms with Crippen molar-refractivity contribution in [1.29, 1.82) is 0 Å². The van der Waals surface area contributed by atoms with E-state index >= 15 is 0 Å². The summed E-state index contributed by atoms with van der Waals surface area (Å²) < 4.78 is 0. The minimum absolute atomic E-state index is 0.0524. The quantitative estimate of drug-likeness (QED) is 0.741. The summed E-state index contributed by atoms with van der Waals surface area (Å²) in [5, 5.41) is 8.96. The molecule has 0 aliphatic carbocycles. The number of nitrogens with one attached hydrogen (secondary N) is 2. The van der Waals surface area contributed by atoms with Gasteiger partial charge in [0, 0.05) is 12.6 Å². The molecule has 23 heavy (non-hydrogen) atoms. The van der Waals surface area contributed by atoms with Gasteiger partial charge in [0.2, 0.25) is 5.91 Å². The molecule has 2 rings (SSSR count). The molecule has 0 aromatic heterocycles. The van der Waals surface area contributed by atoms with Gasteiger partial charge in [-0.25, -0.2) is 10.9 Å². The van der Waals surface area contributed by atoms with Crippen LogP contribution in [0.25, 0.3) is 0 Å². The number of rotatable bonds is 6. The Morgan fingerprint density at radius 1 is 1.26 bits per heavy atom. The van der Waals surface area contributed by atoms with E-state index in [0.29, 0.717) is 13.0 Å². The molecule has 1 aromatic rings. The van der Waals surface area contributed by atoms with Crippen LogP contribution in [0.3, 0.4) is 0 Å². The first kappa shape index (κ1) is 17.4. The van der Waals surface area contributed by atoms with Gasteiger partial charge in [0.1, 0.15) is 12.6 Å². The zero-order chi connectivity index (χ0) is 17.0. The normalized spacial score (nSPS) is 20.5. The Hall–Kier alpha value is -1.92. The Balaban J connectivity index is 2.04. The number of aliphatic carboxylic acids is 1. The molecular formula is C17H25N3O3. The second-order valence-corrected chi connectivity index (χ2v) is 6.13. The van der Waals surface area contributed by atoms with Crippen LogP contribution in [0.1, 0.15) is 42.5 Å². The molecule has 6 heteroatoms. The third-order valence-corrected chi connectivity index (χ3v) is 4.27. The fraction of sp³-hybridized carbons (Fsp3) is 0.529. The van der Waals surface area contributed by atoms with Crippen LogP contribution in [0.4, 0.5) is 0 Å². The van der Waals surface area contributed by atoms with Crippen molar-refractivity contribution < 1.29 is 14.7 Å². The summed E-state index contributed by atoms with van der Waals surface area (Å²) >= 11 is 0. The number of carboxylic acid groups (broad SMARTS) is 1. The lowest BCUT2D eigenvalue weighted by atomic mass is 9.98. The minimum Gasteiger partial charge on any atom is -0.480 e. The summed E-state index contributed by atoms with van der Waals surface area (Å²) in [5.74, 6) is -1.14. The molecule has 2 unspecified atom stereocenters. The predicted octanol–water partition coefficient (Wildman–Crippen LogP) is 1.53. The molecule has 1 saturated heterocycles. The Labute approximate surface area is 136 Å². The maximum absolute atomic E-state index is 12.5. The van der Waals surface area contributed by atoms with E-state index in [9.17, 15) is 9.59 Å². The fourth-order valence-corrected chi connectivity index (χ4v) is 2.84. The van der Waals surface area contributed by atoms with E-state index in [4.69, 9.17) is 5.11 Å².